The van der Waals surface area contributed by atoms with E-state index in [9.17, 15) is 8.42 Å². The first kappa shape index (κ1) is 22.4. The summed E-state index contributed by atoms with van der Waals surface area (Å²) in [4.78, 5) is 6.68. The molecule has 2 aromatic carbocycles. The maximum absolute atomic E-state index is 13.5. The summed E-state index contributed by atoms with van der Waals surface area (Å²) in [6.07, 6.45) is 3.13. The molecule has 1 fully saturated rings. The van der Waals surface area contributed by atoms with Crippen LogP contribution in [0.3, 0.4) is 0 Å². The molecule has 0 atom stereocenters. The fraction of sp³-hybridized carbons (Fsp3) is 0.400. The Labute approximate surface area is 190 Å². The van der Waals surface area contributed by atoms with Crippen LogP contribution in [0.2, 0.25) is 0 Å². The van der Waals surface area contributed by atoms with Crippen molar-refractivity contribution in [2.45, 2.75) is 55.4 Å². The number of benzene rings is 2. The molecule has 170 valence electrons. The minimum atomic E-state index is -3.86. The van der Waals surface area contributed by atoms with E-state index in [1.807, 2.05) is 29.2 Å². The molecule has 0 N–H and O–H groups in total. The maximum Gasteiger partial charge on any atom is 0.236 e. The second kappa shape index (κ2) is 8.62. The molecular formula is C25H30N2O4S. The summed E-state index contributed by atoms with van der Waals surface area (Å²) >= 11 is 0. The summed E-state index contributed by atoms with van der Waals surface area (Å²) in [5, 5.41) is -0.0283. The molecule has 7 heteroatoms. The van der Waals surface area contributed by atoms with E-state index in [-0.39, 0.29) is 15.3 Å². The van der Waals surface area contributed by atoms with E-state index in [0.717, 1.165) is 37.9 Å². The van der Waals surface area contributed by atoms with Gasteiger partial charge in [0.2, 0.25) is 26.6 Å². The molecule has 1 aromatic heterocycles. The van der Waals surface area contributed by atoms with Crippen LogP contribution in [-0.4, -0.2) is 33.6 Å². The van der Waals surface area contributed by atoms with E-state index in [0.29, 0.717) is 17.5 Å². The average Bonchev–Trinajstić information content (AvgIpc) is 3.26. The number of hydrogen-bond donors (Lipinski definition) is 0. The largest absolute Gasteiger partial charge is 0.497 e. The molecule has 3 aromatic rings. The van der Waals surface area contributed by atoms with E-state index in [4.69, 9.17) is 9.15 Å². The first-order chi connectivity index (χ1) is 15.2. The molecule has 0 spiro atoms. The highest BCUT2D eigenvalue weighted by Crippen LogP contribution is 2.36. The van der Waals surface area contributed by atoms with Crippen LogP contribution in [0.15, 0.2) is 62.9 Å². The van der Waals surface area contributed by atoms with E-state index in [2.05, 4.69) is 25.8 Å². The topological polar surface area (TPSA) is 72.6 Å². The minimum absolute atomic E-state index is 0.0248. The van der Waals surface area contributed by atoms with E-state index in [1.54, 1.807) is 31.4 Å². The number of sulfone groups is 1. The van der Waals surface area contributed by atoms with Crippen molar-refractivity contribution in [1.29, 1.82) is 0 Å². The second-order valence-corrected chi connectivity index (χ2v) is 11.0. The van der Waals surface area contributed by atoms with Crippen LogP contribution in [0, 0.1) is 0 Å². The molecule has 0 unspecified atom stereocenters. The quantitative estimate of drug-likeness (QED) is 0.509. The van der Waals surface area contributed by atoms with Crippen molar-refractivity contribution in [3.05, 3.63) is 54.1 Å². The van der Waals surface area contributed by atoms with Gasteiger partial charge in [0.05, 0.1) is 12.0 Å². The molecule has 4 rings (SSSR count). The number of ether oxygens (including phenoxy) is 1. The van der Waals surface area contributed by atoms with Gasteiger partial charge in [0, 0.05) is 18.7 Å². The third-order valence-corrected chi connectivity index (χ3v) is 7.51. The predicted octanol–water partition coefficient (Wildman–Crippen LogP) is 5.47. The Bertz CT molecular complexity index is 1170. The fourth-order valence-electron chi connectivity index (χ4n) is 3.87. The molecule has 1 aliphatic rings. The third-order valence-electron chi connectivity index (χ3n) is 5.84. The highest BCUT2D eigenvalue weighted by molar-refractivity contribution is 7.91. The first-order valence-electron chi connectivity index (χ1n) is 11.0. The molecular weight excluding hydrogens is 424 g/mol. The maximum atomic E-state index is 13.5. The molecule has 0 aliphatic carbocycles. The molecule has 6 nitrogen and oxygen atoms in total. The number of anilines is 1. The van der Waals surface area contributed by atoms with Gasteiger partial charge in [0.25, 0.3) is 0 Å². The molecule has 0 saturated carbocycles. The third kappa shape index (κ3) is 4.39. The fourth-order valence-corrected chi connectivity index (χ4v) is 5.19. The number of nitrogens with zero attached hydrogens (tertiary/aromatic N) is 2. The Morgan fingerprint density at radius 1 is 0.938 bits per heavy atom. The van der Waals surface area contributed by atoms with Gasteiger partial charge in [-0.3, -0.25) is 0 Å². The van der Waals surface area contributed by atoms with Gasteiger partial charge < -0.3 is 14.1 Å². The standard InChI is InChI=1S/C25H30N2O4S/c1-25(2,3)19-10-8-18(9-11-19)22-26-23(24(31-22)27-16-6-5-7-17-27)32(28,29)21-14-12-20(30-4)13-15-21/h8-15H,5-7,16-17H2,1-4H3. The van der Waals surface area contributed by atoms with E-state index < -0.39 is 9.84 Å². The van der Waals surface area contributed by atoms with Gasteiger partial charge in [-0.05, 0) is 66.6 Å². The zero-order valence-corrected chi connectivity index (χ0v) is 19.9. The zero-order chi connectivity index (χ0) is 22.9. The Hall–Kier alpha value is -2.80. The van der Waals surface area contributed by atoms with Gasteiger partial charge in [-0.15, -0.1) is 0 Å². The van der Waals surface area contributed by atoms with Gasteiger partial charge in [-0.2, -0.15) is 4.98 Å². The number of hydrogen-bond acceptors (Lipinski definition) is 6. The van der Waals surface area contributed by atoms with Crippen molar-refractivity contribution in [3.63, 3.8) is 0 Å². The average molecular weight is 455 g/mol. The van der Waals surface area contributed by atoms with Gasteiger partial charge in [0.15, 0.2) is 0 Å². The molecule has 0 amide bonds. The highest BCUT2D eigenvalue weighted by atomic mass is 32.2. The highest BCUT2D eigenvalue weighted by Gasteiger charge is 2.32. The monoisotopic (exact) mass is 454 g/mol. The summed E-state index contributed by atoms with van der Waals surface area (Å²) in [6, 6.07) is 14.3. The zero-order valence-electron chi connectivity index (χ0n) is 19.1. The summed E-state index contributed by atoms with van der Waals surface area (Å²) in [5.74, 6) is 1.24. The molecule has 1 saturated heterocycles. The lowest BCUT2D eigenvalue weighted by Gasteiger charge is -2.26. The van der Waals surface area contributed by atoms with Gasteiger partial charge in [-0.25, -0.2) is 8.42 Å². The Morgan fingerprint density at radius 2 is 1.56 bits per heavy atom. The van der Waals surface area contributed by atoms with E-state index in [1.165, 1.54) is 5.56 Å². The molecule has 0 bridgehead atoms. The summed E-state index contributed by atoms with van der Waals surface area (Å²) in [7, 11) is -2.32. The van der Waals surface area contributed by atoms with Crippen molar-refractivity contribution < 1.29 is 17.6 Å². The first-order valence-corrected chi connectivity index (χ1v) is 12.4. The smallest absolute Gasteiger partial charge is 0.236 e. The van der Waals surface area contributed by atoms with Crippen LogP contribution in [-0.2, 0) is 15.3 Å². The van der Waals surface area contributed by atoms with Crippen LogP contribution >= 0.6 is 0 Å². The molecule has 2 heterocycles. The SMILES string of the molecule is COc1ccc(S(=O)(=O)c2nc(-c3ccc(C(C)(C)C)cc3)oc2N2CCCCC2)cc1. The lowest BCUT2D eigenvalue weighted by atomic mass is 9.87. The van der Waals surface area contributed by atoms with E-state index >= 15 is 0 Å². The summed E-state index contributed by atoms with van der Waals surface area (Å²) in [5.41, 5.74) is 1.97. The van der Waals surface area contributed by atoms with Crippen molar-refractivity contribution in [2.75, 3.05) is 25.1 Å². The minimum Gasteiger partial charge on any atom is -0.497 e. The molecule has 0 radical (unpaired) electrons. The second-order valence-electron chi connectivity index (χ2n) is 9.18. The molecule has 32 heavy (non-hydrogen) atoms. The van der Waals surface area contributed by atoms with Crippen molar-refractivity contribution >= 4 is 15.7 Å². The van der Waals surface area contributed by atoms with Crippen LogP contribution in [0.25, 0.3) is 11.5 Å². The Kier molecular flexibility index (Phi) is 6.03. The van der Waals surface area contributed by atoms with Gasteiger partial charge in [0.1, 0.15) is 5.75 Å². The normalized spacial score (nSPS) is 15.1. The number of oxazole rings is 1. The van der Waals surface area contributed by atoms with Gasteiger partial charge in [-0.1, -0.05) is 32.9 Å². The van der Waals surface area contributed by atoms with Crippen molar-refractivity contribution in [3.8, 4) is 17.2 Å². The van der Waals surface area contributed by atoms with Crippen molar-refractivity contribution in [2.24, 2.45) is 0 Å². The lowest BCUT2D eigenvalue weighted by Crippen LogP contribution is -2.30. The number of methoxy groups -OCH3 is 1. The van der Waals surface area contributed by atoms with Crippen molar-refractivity contribution in [1.82, 2.24) is 4.98 Å². The van der Waals surface area contributed by atoms with Gasteiger partial charge >= 0.3 is 0 Å². The number of piperidine rings is 1. The predicted molar refractivity (Wildman–Crippen MR) is 125 cm³/mol. The van der Waals surface area contributed by atoms with Crippen LogP contribution < -0.4 is 9.64 Å². The van der Waals surface area contributed by atoms with Crippen LogP contribution in [0.4, 0.5) is 5.88 Å². The van der Waals surface area contributed by atoms with Crippen LogP contribution in [0.5, 0.6) is 5.75 Å². The summed E-state index contributed by atoms with van der Waals surface area (Å²) < 4.78 is 38.4. The molecule has 1 aliphatic heterocycles. The Balaban J connectivity index is 1.79. The lowest BCUT2D eigenvalue weighted by molar-refractivity contribution is 0.414. The summed E-state index contributed by atoms with van der Waals surface area (Å²) in [6.45, 7) is 7.97. The Morgan fingerprint density at radius 3 is 2.12 bits per heavy atom. The van der Waals surface area contributed by atoms with Crippen LogP contribution in [0.1, 0.15) is 45.6 Å². The number of rotatable bonds is 5. The number of aromatic nitrogens is 1.